The number of hydrogen-bond acceptors (Lipinski definition) is 3. The molecule has 6 rings (SSSR count). The van der Waals surface area contributed by atoms with E-state index in [-0.39, 0.29) is 11.8 Å². The molecule has 0 unspecified atom stereocenters. The van der Waals surface area contributed by atoms with Crippen molar-refractivity contribution in [2.75, 3.05) is 17.0 Å². The minimum Gasteiger partial charge on any atom is -0.310 e. The highest BCUT2D eigenvalue weighted by Crippen LogP contribution is 2.34. The van der Waals surface area contributed by atoms with Gasteiger partial charge in [-0.3, -0.25) is 14.6 Å². The van der Waals surface area contributed by atoms with Crippen LogP contribution in [0.25, 0.3) is 21.8 Å². The second-order valence-electron chi connectivity index (χ2n) is 8.13. The van der Waals surface area contributed by atoms with Crippen molar-refractivity contribution in [1.29, 1.82) is 0 Å². The maximum Gasteiger partial charge on any atom is 0.273 e. The molecule has 0 N–H and O–H groups in total. The first kappa shape index (κ1) is 19.3. The average Bonchev–Trinajstić information content (AvgIpc) is 3.38. The van der Waals surface area contributed by atoms with Gasteiger partial charge >= 0.3 is 0 Å². The molecule has 0 aliphatic carbocycles. The summed E-state index contributed by atoms with van der Waals surface area (Å²) in [6.45, 7) is 0.448. The monoisotopic (exact) mass is 432 g/mol. The molecule has 0 saturated carbocycles. The summed E-state index contributed by atoms with van der Waals surface area (Å²) in [5.41, 5.74) is 4.51. The number of pyridine rings is 1. The van der Waals surface area contributed by atoms with Crippen LogP contribution in [0.3, 0.4) is 0 Å². The van der Waals surface area contributed by atoms with Gasteiger partial charge in [0.15, 0.2) is 0 Å². The molecule has 6 nitrogen and oxygen atoms in total. The molecule has 0 radical (unpaired) electrons. The largest absolute Gasteiger partial charge is 0.310 e. The highest BCUT2D eigenvalue weighted by molar-refractivity contribution is 6.20. The van der Waals surface area contributed by atoms with E-state index in [0.717, 1.165) is 27.4 Å². The third-order valence-corrected chi connectivity index (χ3v) is 6.28. The summed E-state index contributed by atoms with van der Waals surface area (Å²) >= 11 is 0. The summed E-state index contributed by atoms with van der Waals surface area (Å²) < 4.78 is 1.91. The molecule has 33 heavy (non-hydrogen) atoms. The van der Waals surface area contributed by atoms with Gasteiger partial charge < -0.3 is 4.90 Å². The number of anilines is 1. The van der Waals surface area contributed by atoms with Crippen molar-refractivity contribution >= 4 is 39.3 Å². The fourth-order valence-corrected chi connectivity index (χ4v) is 4.67. The van der Waals surface area contributed by atoms with Gasteiger partial charge in [-0.15, -0.1) is 0 Å². The lowest BCUT2D eigenvalue weighted by molar-refractivity contribution is 0.0967. The van der Waals surface area contributed by atoms with E-state index in [1.807, 2.05) is 77.5 Å². The van der Waals surface area contributed by atoms with E-state index in [1.54, 1.807) is 35.4 Å². The van der Waals surface area contributed by atoms with Gasteiger partial charge in [0, 0.05) is 29.6 Å². The molecule has 3 heterocycles. The molecule has 0 fully saturated rings. The van der Waals surface area contributed by atoms with Crippen LogP contribution in [-0.4, -0.2) is 28.5 Å². The lowest BCUT2D eigenvalue weighted by Crippen LogP contribution is -2.35. The molecule has 160 valence electrons. The second-order valence-corrected chi connectivity index (χ2v) is 8.13. The average molecular weight is 432 g/mol. The molecule has 5 aromatic rings. The van der Waals surface area contributed by atoms with Crippen LogP contribution < -0.4 is 9.91 Å². The number of hydrogen-bond donors (Lipinski definition) is 0. The van der Waals surface area contributed by atoms with Crippen LogP contribution in [0.4, 0.5) is 5.69 Å². The SMILES string of the molecule is CN(C(=O)c1cccc2c3ccccc3n(N3Cc4ccccc4C3=O)c12)c1cccnc1. The smallest absolute Gasteiger partial charge is 0.273 e. The van der Waals surface area contributed by atoms with Crippen LogP contribution in [0.2, 0.25) is 0 Å². The maximum absolute atomic E-state index is 13.7. The Morgan fingerprint density at radius 3 is 2.52 bits per heavy atom. The van der Waals surface area contributed by atoms with Crippen molar-refractivity contribution in [3.8, 4) is 0 Å². The van der Waals surface area contributed by atoms with Crippen LogP contribution in [0, 0.1) is 0 Å². The van der Waals surface area contributed by atoms with E-state index in [9.17, 15) is 9.59 Å². The first-order valence-electron chi connectivity index (χ1n) is 10.8. The standard InChI is InChI=1S/C27H20N4O2/c1-29(19-9-7-15-28-16-19)26(32)23-13-6-12-22-21-11-4-5-14-24(21)31(25(22)23)30-17-18-8-2-3-10-20(18)27(30)33/h2-16H,17H2,1H3. The summed E-state index contributed by atoms with van der Waals surface area (Å²) in [5, 5.41) is 3.66. The predicted molar refractivity (Wildman–Crippen MR) is 129 cm³/mol. The summed E-state index contributed by atoms with van der Waals surface area (Å²) in [4.78, 5) is 32.8. The third kappa shape index (κ3) is 2.84. The van der Waals surface area contributed by atoms with E-state index in [1.165, 1.54) is 0 Å². The van der Waals surface area contributed by atoms with Crippen molar-refractivity contribution in [1.82, 2.24) is 9.66 Å². The van der Waals surface area contributed by atoms with Gasteiger partial charge in [-0.25, -0.2) is 9.69 Å². The Morgan fingerprint density at radius 1 is 0.909 bits per heavy atom. The molecule has 0 saturated heterocycles. The van der Waals surface area contributed by atoms with Crippen molar-refractivity contribution in [2.45, 2.75) is 6.54 Å². The number of para-hydroxylation sites is 2. The van der Waals surface area contributed by atoms with Gasteiger partial charge in [0.2, 0.25) is 0 Å². The minimum atomic E-state index is -0.165. The van der Waals surface area contributed by atoms with E-state index in [0.29, 0.717) is 23.4 Å². The Balaban J connectivity index is 1.60. The second kappa shape index (κ2) is 7.31. The normalized spacial score (nSPS) is 13.0. The van der Waals surface area contributed by atoms with Crippen molar-refractivity contribution in [3.05, 3.63) is 108 Å². The number of amides is 2. The third-order valence-electron chi connectivity index (χ3n) is 6.28. The van der Waals surface area contributed by atoms with E-state index in [4.69, 9.17) is 0 Å². The highest BCUT2D eigenvalue weighted by Gasteiger charge is 2.32. The van der Waals surface area contributed by atoms with Crippen molar-refractivity contribution in [3.63, 3.8) is 0 Å². The fourth-order valence-electron chi connectivity index (χ4n) is 4.67. The Labute approximate surface area is 190 Å². The van der Waals surface area contributed by atoms with Gasteiger partial charge in [0.25, 0.3) is 11.8 Å². The Hall–Kier alpha value is -4.45. The number of carbonyl (C=O) groups is 2. The zero-order valence-electron chi connectivity index (χ0n) is 18.0. The summed E-state index contributed by atoms with van der Waals surface area (Å²) in [5.74, 6) is -0.238. The molecule has 1 aliphatic rings. The summed E-state index contributed by atoms with van der Waals surface area (Å²) in [6.07, 6.45) is 3.34. The Kier molecular flexibility index (Phi) is 4.26. The molecular weight excluding hydrogens is 412 g/mol. The lowest BCUT2D eigenvalue weighted by Gasteiger charge is -2.23. The molecular formula is C27H20N4O2. The van der Waals surface area contributed by atoms with Crippen LogP contribution >= 0.6 is 0 Å². The number of aromatic nitrogens is 2. The number of nitrogens with zero attached hydrogens (tertiary/aromatic N) is 4. The predicted octanol–water partition coefficient (Wildman–Crippen LogP) is 4.76. The van der Waals surface area contributed by atoms with Crippen LogP contribution in [0.15, 0.2) is 91.3 Å². The lowest BCUT2D eigenvalue weighted by atomic mass is 10.1. The molecule has 1 aliphatic heterocycles. The number of carbonyl (C=O) groups excluding carboxylic acids is 2. The summed E-state index contributed by atoms with van der Waals surface area (Å²) in [7, 11) is 1.74. The zero-order valence-corrected chi connectivity index (χ0v) is 18.0. The van der Waals surface area contributed by atoms with Crippen molar-refractivity contribution < 1.29 is 9.59 Å². The maximum atomic E-state index is 13.7. The van der Waals surface area contributed by atoms with E-state index < -0.39 is 0 Å². The number of fused-ring (bicyclic) bond motifs is 4. The zero-order chi connectivity index (χ0) is 22.5. The van der Waals surface area contributed by atoms with Gasteiger partial charge in [0.05, 0.1) is 35.0 Å². The van der Waals surface area contributed by atoms with Crippen LogP contribution in [0.5, 0.6) is 0 Å². The molecule has 6 heteroatoms. The molecule has 2 amide bonds. The van der Waals surface area contributed by atoms with Crippen molar-refractivity contribution in [2.24, 2.45) is 0 Å². The topological polar surface area (TPSA) is 58.4 Å². The number of benzene rings is 3. The first-order chi connectivity index (χ1) is 16.1. The van der Waals surface area contributed by atoms with Crippen LogP contribution in [0.1, 0.15) is 26.3 Å². The van der Waals surface area contributed by atoms with Crippen LogP contribution in [-0.2, 0) is 6.54 Å². The minimum absolute atomic E-state index is 0.0730. The molecule has 3 aromatic carbocycles. The highest BCUT2D eigenvalue weighted by atomic mass is 16.2. The summed E-state index contributed by atoms with van der Waals surface area (Å²) in [6, 6.07) is 25.0. The fraction of sp³-hybridized carbons (Fsp3) is 0.0741. The van der Waals surface area contributed by atoms with E-state index >= 15 is 0 Å². The first-order valence-corrected chi connectivity index (χ1v) is 10.8. The quantitative estimate of drug-likeness (QED) is 0.413. The van der Waals surface area contributed by atoms with Gasteiger partial charge in [-0.2, -0.15) is 0 Å². The molecule has 0 bridgehead atoms. The molecule has 0 atom stereocenters. The molecule has 0 spiro atoms. The van der Waals surface area contributed by atoms with Gasteiger partial charge in [-0.05, 0) is 35.9 Å². The van der Waals surface area contributed by atoms with Gasteiger partial charge in [-0.1, -0.05) is 48.5 Å². The Morgan fingerprint density at radius 2 is 1.70 bits per heavy atom. The molecule has 2 aromatic heterocycles. The van der Waals surface area contributed by atoms with Gasteiger partial charge in [0.1, 0.15) is 0 Å². The van der Waals surface area contributed by atoms with E-state index in [2.05, 4.69) is 4.98 Å². The number of rotatable bonds is 3. The Bertz CT molecular complexity index is 1560.